The minimum absolute atomic E-state index is 0.0787. The van der Waals surface area contributed by atoms with Crippen molar-refractivity contribution in [1.82, 2.24) is 14.8 Å². The van der Waals surface area contributed by atoms with E-state index < -0.39 is 0 Å². The molecule has 4 nitrogen and oxygen atoms in total. The number of rotatable bonds is 5. The van der Waals surface area contributed by atoms with Crippen molar-refractivity contribution < 1.29 is 4.79 Å². The summed E-state index contributed by atoms with van der Waals surface area (Å²) < 4.78 is 2.13. The number of nitrogens with one attached hydrogen (secondary N) is 1. The monoisotopic (exact) mass is 275 g/mol. The van der Waals surface area contributed by atoms with E-state index in [9.17, 15) is 4.79 Å². The molecule has 0 spiro atoms. The van der Waals surface area contributed by atoms with Gasteiger partial charge < -0.3 is 14.8 Å². The first-order valence-corrected chi connectivity index (χ1v) is 7.75. The van der Waals surface area contributed by atoms with Gasteiger partial charge in [0.1, 0.15) is 5.69 Å². The lowest BCUT2D eigenvalue weighted by Crippen LogP contribution is -2.51. The second kappa shape index (κ2) is 5.24. The molecular formula is C16H25N3O. The molecule has 1 amide bonds. The second-order valence-corrected chi connectivity index (χ2v) is 6.54. The van der Waals surface area contributed by atoms with E-state index in [0.29, 0.717) is 6.04 Å². The molecule has 0 saturated heterocycles. The van der Waals surface area contributed by atoms with E-state index in [1.165, 1.54) is 38.5 Å². The van der Waals surface area contributed by atoms with Crippen LogP contribution in [0.5, 0.6) is 0 Å². The van der Waals surface area contributed by atoms with Crippen LogP contribution in [0.25, 0.3) is 0 Å². The van der Waals surface area contributed by atoms with Gasteiger partial charge in [-0.2, -0.15) is 0 Å². The van der Waals surface area contributed by atoms with Crippen LogP contribution in [0.4, 0.5) is 0 Å². The van der Waals surface area contributed by atoms with Gasteiger partial charge in [0.15, 0.2) is 0 Å². The van der Waals surface area contributed by atoms with Gasteiger partial charge in [-0.25, -0.2) is 0 Å². The number of hydrogen-bond acceptors (Lipinski definition) is 2. The molecule has 4 heteroatoms. The standard InChI is InChI=1S/C16H25N3O/c1-18(2)16(9-3-4-10-16)12-17-15(20)14-6-5-11-19(14)13-7-8-13/h5-6,11,13H,3-4,7-10,12H2,1-2H3,(H,17,20). The van der Waals surface area contributed by atoms with Crippen LogP contribution in [0.2, 0.25) is 0 Å². The van der Waals surface area contributed by atoms with Gasteiger partial charge in [-0.05, 0) is 51.9 Å². The fourth-order valence-electron chi connectivity index (χ4n) is 3.41. The van der Waals surface area contributed by atoms with Gasteiger partial charge in [-0.1, -0.05) is 12.8 Å². The lowest BCUT2D eigenvalue weighted by atomic mass is 9.96. The summed E-state index contributed by atoms with van der Waals surface area (Å²) in [7, 11) is 4.26. The summed E-state index contributed by atoms with van der Waals surface area (Å²) in [6.07, 6.45) is 9.35. The van der Waals surface area contributed by atoms with Crippen molar-refractivity contribution in [3.05, 3.63) is 24.0 Å². The molecule has 1 aromatic rings. The first kappa shape index (κ1) is 13.7. The predicted octanol–water partition coefficient (Wildman–Crippen LogP) is 2.43. The minimum atomic E-state index is 0.0787. The van der Waals surface area contributed by atoms with E-state index in [1.807, 2.05) is 18.3 Å². The van der Waals surface area contributed by atoms with E-state index in [2.05, 4.69) is 28.9 Å². The Kier molecular flexibility index (Phi) is 3.59. The number of aromatic nitrogens is 1. The first-order valence-electron chi connectivity index (χ1n) is 7.75. The van der Waals surface area contributed by atoms with Crippen LogP contribution in [0.3, 0.4) is 0 Å². The maximum absolute atomic E-state index is 12.4. The van der Waals surface area contributed by atoms with Crippen molar-refractivity contribution in [3.63, 3.8) is 0 Å². The molecule has 0 radical (unpaired) electrons. The van der Waals surface area contributed by atoms with Gasteiger partial charge in [-0.3, -0.25) is 4.79 Å². The van der Waals surface area contributed by atoms with Crippen LogP contribution in [-0.2, 0) is 0 Å². The SMILES string of the molecule is CN(C)C1(CNC(=O)c2cccn2C2CC2)CCCC1. The van der Waals surface area contributed by atoms with Gasteiger partial charge in [0, 0.05) is 24.3 Å². The quantitative estimate of drug-likeness (QED) is 0.896. The summed E-state index contributed by atoms with van der Waals surface area (Å²) in [6.45, 7) is 0.759. The summed E-state index contributed by atoms with van der Waals surface area (Å²) >= 11 is 0. The number of hydrogen-bond donors (Lipinski definition) is 1. The van der Waals surface area contributed by atoms with E-state index in [0.717, 1.165) is 12.2 Å². The Balaban J connectivity index is 1.65. The van der Waals surface area contributed by atoms with Crippen molar-refractivity contribution in [2.45, 2.75) is 50.1 Å². The molecular weight excluding hydrogens is 250 g/mol. The van der Waals surface area contributed by atoms with Gasteiger partial charge in [0.2, 0.25) is 0 Å². The number of carbonyl (C=O) groups is 1. The highest BCUT2D eigenvalue weighted by Gasteiger charge is 2.36. The molecule has 1 N–H and O–H groups in total. The van der Waals surface area contributed by atoms with Gasteiger partial charge in [-0.15, -0.1) is 0 Å². The van der Waals surface area contributed by atoms with Gasteiger partial charge in [0.25, 0.3) is 5.91 Å². The topological polar surface area (TPSA) is 37.3 Å². The molecule has 20 heavy (non-hydrogen) atoms. The summed E-state index contributed by atoms with van der Waals surface area (Å²) in [6, 6.07) is 4.47. The van der Waals surface area contributed by atoms with E-state index in [1.54, 1.807) is 0 Å². The van der Waals surface area contributed by atoms with Gasteiger partial charge in [0.05, 0.1) is 0 Å². The third-order valence-corrected chi connectivity index (χ3v) is 5.01. The Bertz CT molecular complexity index is 482. The maximum atomic E-state index is 12.4. The fraction of sp³-hybridized carbons (Fsp3) is 0.688. The van der Waals surface area contributed by atoms with E-state index >= 15 is 0 Å². The summed E-state index contributed by atoms with van der Waals surface area (Å²) in [4.78, 5) is 14.7. The zero-order valence-corrected chi connectivity index (χ0v) is 12.6. The highest BCUT2D eigenvalue weighted by Crippen LogP contribution is 2.36. The predicted molar refractivity (Wildman–Crippen MR) is 79.9 cm³/mol. The molecule has 2 aliphatic rings. The molecule has 2 aliphatic carbocycles. The zero-order chi connectivity index (χ0) is 14.2. The molecule has 0 unspecified atom stereocenters. The zero-order valence-electron chi connectivity index (χ0n) is 12.6. The molecule has 2 fully saturated rings. The average molecular weight is 275 g/mol. The minimum Gasteiger partial charge on any atom is -0.349 e. The molecule has 0 atom stereocenters. The van der Waals surface area contributed by atoms with Crippen LogP contribution in [-0.4, -0.2) is 41.6 Å². The highest BCUT2D eigenvalue weighted by atomic mass is 16.2. The molecule has 0 aromatic carbocycles. The smallest absolute Gasteiger partial charge is 0.267 e. The van der Waals surface area contributed by atoms with Crippen LogP contribution in [0.1, 0.15) is 55.1 Å². The number of nitrogens with zero attached hydrogens (tertiary/aromatic N) is 2. The molecule has 1 heterocycles. The van der Waals surface area contributed by atoms with Crippen LogP contribution < -0.4 is 5.32 Å². The average Bonchev–Trinajstić information content (AvgIpc) is 2.97. The van der Waals surface area contributed by atoms with Gasteiger partial charge >= 0.3 is 0 Å². The summed E-state index contributed by atoms with van der Waals surface area (Å²) in [5.74, 6) is 0.0787. The Hall–Kier alpha value is -1.29. The Morgan fingerprint density at radius 2 is 2.10 bits per heavy atom. The van der Waals surface area contributed by atoms with Crippen molar-refractivity contribution in [3.8, 4) is 0 Å². The summed E-state index contributed by atoms with van der Waals surface area (Å²) in [5.41, 5.74) is 0.978. The van der Waals surface area contributed by atoms with Crippen LogP contribution in [0.15, 0.2) is 18.3 Å². The van der Waals surface area contributed by atoms with Crippen LogP contribution >= 0.6 is 0 Å². The lowest BCUT2D eigenvalue weighted by molar-refractivity contribution is 0.0891. The largest absolute Gasteiger partial charge is 0.349 e. The molecule has 2 saturated carbocycles. The summed E-state index contributed by atoms with van der Waals surface area (Å²) in [5, 5.41) is 3.17. The van der Waals surface area contributed by atoms with Crippen molar-refractivity contribution in [1.29, 1.82) is 0 Å². The van der Waals surface area contributed by atoms with Crippen molar-refractivity contribution in [2.75, 3.05) is 20.6 Å². The lowest BCUT2D eigenvalue weighted by Gasteiger charge is -2.36. The Labute approximate surface area is 121 Å². The molecule has 1 aromatic heterocycles. The first-order chi connectivity index (χ1) is 9.62. The van der Waals surface area contributed by atoms with Crippen LogP contribution in [0, 0.1) is 0 Å². The Morgan fingerprint density at radius 3 is 2.70 bits per heavy atom. The maximum Gasteiger partial charge on any atom is 0.267 e. The third kappa shape index (κ3) is 2.49. The fourth-order valence-corrected chi connectivity index (χ4v) is 3.41. The van der Waals surface area contributed by atoms with Crippen molar-refractivity contribution >= 4 is 5.91 Å². The van der Waals surface area contributed by atoms with E-state index in [4.69, 9.17) is 0 Å². The Morgan fingerprint density at radius 1 is 1.40 bits per heavy atom. The second-order valence-electron chi connectivity index (χ2n) is 6.54. The number of carbonyl (C=O) groups excluding carboxylic acids is 1. The highest BCUT2D eigenvalue weighted by molar-refractivity contribution is 5.92. The third-order valence-electron chi connectivity index (χ3n) is 5.01. The number of amides is 1. The van der Waals surface area contributed by atoms with Crippen molar-refractivity contribution in [2.24, 2.45) is 0 Å². The molecule has 0 bridgehead atoms. The number of likely N-dealkylation sites (N-methyl/N-ethyl adjacent to an activating group) is 1. The molecule has 110 valence electrons. The normalized spacial score (nSPS) is 21.4. The van der Waals surface area contributed by atoms with E-state index in [-0.39, 0.29) is 11.4 Å². The molecule has 3 rings (SSSR count). The molecule has 0 aliphatic heterocycles.